The minimum absolute atomic E-state index is 0.0467. The second kappa shape index (κ2) is 13.9. The van der Waals surface area contributed by atoms with Crippen LogP contribution in [0.3, 0.4) is 0 Å². The highest BCUT2D eigenvalue weighted by atomic mass is 16.4. The third-order valence-electron chi connectivity index (χ3n) is 6.67. The van der Waals surface area contributed by atoms with E-state index in [1.54, 1.807) is 12.3 Å². The van der Waals surface area contributed by atoms with E-state index in [-0.39, 0.29) is 19.3 Å². The number of nitrogens with two attached hydrogens (primary N) is 1. The summed E-state index contributed by atoms with van der Waals surface area (Å²) >= 11 is 0. The molecule has 0 radical (unpaired) electrons. The number of carboxylic acid groups (broad SMARTS) is 2. The van der Waals surface area contributed by atoms with Crippen LogP contribution in [0.2, 0.25) is 0 Å². The molecule has 16 heteroatoms. The summed E-state index contributed by atoms with van der Waals surface area (Å²) in [5, 5.41) is 27.3. The molecule has 4 atom stereocenters. The first-order chi connectivity index (χ1) is 20.6. The molecule has 3 heterocycles. The van der Waals surface area contributed by atoms with E-state index in [0.29, 0.717) is 17.0 Å². The molecular weight excluding hydrogens is 562 g/mol. The first-order valence-corrected chi connectivity index (χ1v) is 13.2. The maximum absolute atomic E-state index is 13.4. The molecule has 0 aliphatic heterocycles. The number of para-hydroxylation sites is 1. The van der Waals surface area contributed by atoms with Gasteiger partial charge in [0.25, 0.3) is 0 Å². The lowest BCUT2D eigenvalue weighted by molar-refractivity contribution is -0.143. The standard InChI is InChI=1S/C27H31N9O7/c28-18(6-15-10-29-12-32-15)24(39)34-21(8-23(37)38)26(41)35-20(7-16-11-30-13-33-16)25(40)36-22(27(42)43)5-14-9-31-19-4-2-1-3-17(14)19/h1-4,9-13,18,20-22,31H,5-8,28H2,(H,29,32)(H,30,33)(H,34,39)(H,35,41)(H,36,40)(H,37,38)(H,42,43). The van der Waals surface area contributed by atoms with Crippen LogP contribution in [0.1, 0.15) is 23.4 Å². The molecule has 3 aromatic heterocycles. The number of fused-ring (bicyclic) bond motifs is 1. The Morgan fingerprint density at radius 2 is 1.37 bits per heavy atom. The molecule has 3 amide bonds. The minimum atomic E-state index is -1.59. The molecule has 4 rings (SSSR count). The fraction of sp³-hybridized carbons (Fsp3) is 0.296. The van der Waals surface area contributed by atoms with Crippen molar-refractivity contribution in [1.29, 1.82) is 0 Å². The van der Waals surface area contributed by atoms with Crippen LogP contribution in [0.5, 0.6) is 0 Å². The average Bonchev–Trinajstić information content (AvgIpc) is 3.75. The number of H-pyrrole nitrogens is 3. The number of carbonyl (C=O) groups excluding carboxylic acids is 3. The Labute approximate surface area is 243 Å². The summed E-state index contributed by atoms with van der Waals surface area (Å²) in [6.07, 6.45) is 6.36. The van der Waals surface area contributed by atoms with E-state index in [1.807, 2.05) is 18.2 Å². The van der Waals surface area contributed by atoms with Crippen LogP contribution < -0.4 is 21.7 Å². The lowest BCUT2D eigenvalue weighted by Gasteiger charge is -2.24. The summed E-state index contributed by atoms with van der Waals surface area (Å²) in [5.41, 5.74) is 8.38. The quantitative estimate of drug-likeness (QED) is 0.0810. The molecule has 0 aliphatic carbocycles. The number of aliphatic carboxylic acids is 2. The average molecular weight is 594 g/mol. The van der Waals surface area contributed by atoms with E-state index < -0.39 is 60.2 Å². The van der Waals surface area contributed by atoms with Gasteiger partial charge in [-0.15, -0.1) is 0 Å². The number of imidazole rings is 2. The highest BCUT2D eigenvalue weighted by molar-refractivity contribution is 5.96. The summed E-state index contributed by atoms with van der Waals surface area (Å²) in [4.78, 5) is 79.4. The number of aromatic nitrogens is 5. The van der Waals surface area contributed by atoms with Crippen molar-refractivity contribution in [3.8, 4) is 0 Å². The van der Waals surface area contributed by atoms with Crippen molar-refractivity contribution in [3.63, 3.8) is 0 Å². The van der Waals surface area contributed by atoms with Gasteiger partial charge in [0.15, 0.2) is 0 Å². The number of rotatable bonds is 15. The Morgan fingerprint density at radius 1 is 0.767 bits per heavy atom. The molecule has 10 N–H and O–H groups in total. The van der Waals surface area contributed by atoms with E-state index in [2.05, 4.69) is 40.9 Å². The van der Waals surface area contributed by atoms with Gasteiger partial charge in [-0.25, -0.2) is 14.8 Å². The molecule has 0 spiro atoms. The number of carbonyl (C=O) groups is 5. The molecule has 0 fully saturated rings. The lowest BCUT2D eigenvalue weighted by Crippen LogP contribution is -2.58. The van der Waals surface area contributed by atoms with Gasteiger partial charge < -0.3 is 46.8 Å². The van der Waals surface area contributed by atoms with Crippen LogP contribution in [-0.2, 0) is 43.2 Å². The normalized spacial score (nSPS) is 13.9. The van der Waals surface area contributed by atoms with E-state index in [4.69, 9.17) is 5.73 Å². The van der Waals surface area contributed by atoms with Gasteiger partial charge in [0.05, 0.1) is 25.1 Å². The summed E-state index contributed by atoms with van der Waals surface area (Å²) in [5.74, 6) is -5.30. The molecular formula is C27H31N9O7. The maximum Gasteiger partial charge on any atom is 0.326 e. The van der Waals surface area contributed by atoms with Crippen molar-refractivity contribution >= 4 is 40.6 Å². The maximum atomic E-state index is 13.4. The molecule has 43 heavy (non-hydrogen) atoms. The summed E-state index contributed by atoms with van der Waals surface area (Å²) in [6.45, 7) is 0. The van der Waals surface area contributed by atoms with Gasteiger partial charge in [0.1, 0.15) is 18.1 Å². The zero-order chi connectivity index (χ0) is 30.9. The Bertz CT molecular complexity index is 1570. The van der Waals surface area contributed by atoms with Gasteiger partial charge in [-0.3, -0.25) is 19.2 Å². The highest BCUT2D eigenvalue weighted by Gasteiger charge is 2.32. The predicted molar refractivity (Wildman–Crippen MR) is 150 cm³/mol. The number of benzene rings is 1. The number of hydrogen-bond donors (Lipinski definition) is 9. The third kappa shape index (κ3) is 8.26. The highest BCUT2D eigenvalue weighted by Crippen LogP contribution is 2.19. The van der Waals surface area contributed by atoms with Crippen LogP contribution in [0.4, 0.5) is 0 Å². The Hall–Kier alpha value is -5.51. The van der Waals surface area contributed by atoms with Gasteiger partial charge in [-0.2, -0.15) is 0 Å². The molecule has 4 unspecified atom stereocenters. The third-order valence-corrected chi connectivity index (χ3v) is 6.67. The number of aromatic amines is 3. The van der Waals surface area contributed by atoms with Crippen LogP contribution in [0, 0.1) is 0 Å². The molecule has 0 aliphatic rings. The van der Waals surface area contributed by atoms with E-state index >= 15 is 0 Å². The fourth-order valence-corrected chi connectivity index (χ4v) is 4.48. The smallest absolute Gasteiger partial charge is 0.326 e. The van der Waals surface area contributed by atoms with Crippen LogP contribution in [-0.4, -0.2) is 89.0 Å². The fourth-order valence-electron chi connectivity index (χ4n) is 4.48. The Balaban J connectivity index is 1.48. The van der Waals surface area contributed by atoms with Crippen LogP contribution in [0.25, 0.3) is 10.9 Å². The van der Waals surface area contributed by atoms with Gasteiger partial charge in [0, 0.05) is 60.1 Å². The second-order valence-corrected chi connectivity index (χ2v) is 9.85. The zero-order valence-electron chi connectivity index (χ0n) is 22.7. The van der Waals surface area contributed by atoms with Crippen molar-refractivity contribution in [3.05, 3.63) is 72.5 Å². The number of amides is 3. The minimum Gasteiger partial charge on any atom is -0.481 e. The molecule has 1 aromatic carbocycles. The van der Waals surface area contributed by atoms with Crippen molar-refractivity contribution < 1.29 is 34.2 Å². The monoisotopic (exact) mass is 593 g/mol. The Morgan fingerprint density at radius 3 is 2.00 bits per heavy atom. The topological polar surface area (TPSA) is 261 Å². The SMILES string of the molecule is NC(Cc1cnc[nH]1)C(=O)NC(CC(=O)O)C(=O)NC(Cc1cnc[nH]1)C(=O)NC(Cc1c[nH]c2ccccc12)C(=O)O. The summed E-state index contributed by atoms with van der Waals surface area (Å²) in [7, 11) is 0. The zero-order valence-corrected chi connectivity index (χ0v) is 22.7. The molecule has 0 bridgehead atoms. The number of nitrogens with zero attached hydrogens (tertiary/aromatic N) is 2. The van der Waals surface area contributed by atoms with Crippen molar-refractivity contribution in [2.24, 2.45) is 5.73 Å². The predicted octanol–water partition coefficient (Wildman–Crippen LogP) is -1.02. The second-order valence-electron chi connectivity index (χ2n) is 9.85. The Kier molecular flexibility index (Phi) is 9.85. The molecule has 4 aromatic rings. The molecule has 16 nitrogen and oxygen atoms in total. The van der Waals surface area contributed by atoms with E-state index in [1.165, 1.54) is 25.0 Å². The summed E-state index contributed by atoms with van der Waals surface area (Å²) < 4.78 is 0. The van der Waals surface area contributed by atoms with Gasteiger partial charge in [-0.1, -0.05) is 18.2 Å². The van der Waals surface area contributed by atoms with Crippen molar-refractivity contribution in [1.82, 2.24) is 40.9 Å². The first-order valence-electron chi connectivity index (χ1n) is 13.2. The van der Waals surface area contributed by atoms with Crippen molar-refractivity contribution in [2.45, 2.75) is 49.9 Å². The number of hydrogen-bond acceptors (Lipinski definition) is 8. The van der Waals surface area contributed by atoms with Crippen molar-refractivity contribution in [2.75, 3.05) is 0 Å². The van der Waals surface area contributed by atoms with Crippen LogP contribution in [0.15, 0.2) is 55.5 Å². The molecule has 0 saturated heterocycles. The van der Waals surface area contributed by atoms with E-state index in [0.717, 1.165) is 10.9 Å². The van der Waals surface area contributed by atoms with Gasteiger partial charge in [0.2, 0.25) is 17.7 Å². The molecule has 0 saturated carbocycles. The first kappa shape index (κ1) is 30.4. The number of carboxylic acids is 2. The number of nitrogens with one attached hydrogen (secondary N) is 6. The lowest BCUT2D eigenvalue weighted by atomic mass is 10.0. The summed E-state index contributed by atoms with van der Waals surface area (Å²) in [6, 6.07) is 1.86. The largest absolute Gasteiger partial charge is 0.481 e. The van der Waals surface area contributed by atoms with E-state index in [9.17, 15) is 34.2 Å². The molecule has 226 valence electrons. The van der Waals surface area contributed by atoms with Crippen LogP contribution >= 0.6 is 0 Å². The van der Waals surface area contributed by atoms with Gasteiger partial charge in [-0.05, 0) is 11.6 Å². The van der Waals surface area contributed by atoms with Gasteiger partial charge >= 0.3 is 11.9 Å².